The molecule has 0 aromatic carbocycles. The van der Waals surface area contributed by atoms with Crippen LogP contribution in [0.25, 0.3) is 0 Å². The molecule has 3 unspecified atom stereocenters. The Hall–Kier alpha value is -0.870. The lowest BCUT2D eigenvalue weighted by Crippen LogP contribution is -2.42. The van der Waals surface area contributed by atoms with E-state index in [9.17, 15) is 0 Å². The molecule has 3 atom stereocenters. The number of ether oxygens (including phenoxy) is 1. The van der Waals surface area contributed by atoms with Crippen LogP contribution in [0.3, 0.4) is 0 Å². The number of hydrogen-bond acceptors (Lipinski definition) is 3. The Kier molecular flexibility index (Phi) is 6.24. The lowest BCUT2D eigenvalue weighted by Gasteiger charge is -2.27. The third-order valence-electron chi connectivity index (χ3n) is 4.46. The van der Waals surface area contributed by atoms with E-state index in [0.29, 0.717) is 24.1 Å². The maximum Gasteiger partial charge on any atom is 0.0640 e. The topological polar surface area (TPSA) is 39.1 Å². The van der Waals surface area contributed by atoms with Gasteiger partial charge in [-0.25, -0.2) is 0 Å². The molecule has 1 N–H and O–H groups in total. The molecule has 1 aromatic heterocycles. The average Bonchev–Trinajstić information content (AvgIpc) is 3.11. The number of nitrogens with one attached hydrogen (secondary N) is 1. The molecular weight excluding hydrogens is 262 g/mol. The van der Waals surface area contributed by atoms with E-state index in [1.807, 2.05) is 0 Å². The normalized spacial score (nSPS) is 23.9. The van der Waals surface area contributed by atoms with Crippen molar-refractivity contribution in [1.82, 2.24) is 15.1 Å². The van der Waals surface area contributed by atoms with Crippen LogP contribution >= 0.6 is 0 Å². The van der Waals surface area contributed by atoms with Crippen molar-refractivity contribution in [2.24, 2.45) is 5.92 Å². The lowest BCUT2D eigenvalue weighted by molar-refractivity contribution is 0.0773. The van der Waals surface area contributed by atoms with E-state index >= 15 is 0 Å². The average molecular weight is 293 g/mol. The van der Waals surface area contributed by atoms with Crippen LogP contribution in [0.15, 0.2) is 12.3 Å². The zero-order chi connectivity index (χ0) is 15.2. The van der Waals surface area contributed by atoms with Gasteiger partial charge in [-0.2, -0.15) is 5.10 Å². The fourth-order valence-corrected chi connectivity index (χ4v) is 3.25. The Morgan fingerprint density at radius 3 is 2.86 bits per heavy atom. The molecule has 0 spiro atoms. The summed E-state index contributed by atoms with van der Waals surface area (Å²) in [6.07, 6.45) is 6.96. The van der Waals surface area contributed by atoms with Gasteiger partial charge < -0.3 is 10.1 Å². The maximum absolute atomic E-state index is 5.89. The van der Waals surface area contributed by atoms with Gasteiger partial charge in [-0.05, 0) is 45.7 Å². The van der Waals surface area contributed by atoms with Crippen LogP contribution in [-0.4, -0.2) is 35.1 Å². The van der Waals surface area contributed by atoms with Crippen LogP contribution in [0, 0.1) is 5.92 Å². The third-order valence-corrected chi connectivity index (χ3v) is 4.46. The standard InChI is InChI=1S/C17H31N3O/c1-5-9-18-16(15-8-11-21-17(15)6-2)12-14-7-10-20(19-14)13(3)4/h7,10,13,15-18H,5-6,8-9,11-12H2,1-4H3. The molecule has 2 rings (SSSR count). The number of aromatic nitrogens is 2. The van der Waals surface area contributed by atoms with Crippen LogP contribution in [-0.2, 0) is 11.2 Å². The Morgan fingerprint density at radius 1 is 1.43 bits per heavy atom. The SMILES string of the molecule is CCCNC(Cc1ccn(C(C)C)n1)C1CCOC1CC. The Bertz CT molecular complexity index is 416. The molecule has 1 aromatic rings. The molecule has 120 valence electrons. The highest BCUT2D eigenvalue weighted by Crippen LogP contribution is 2.28. The first-order chi connectivity index (χ1) is 10.2. The molecule has 1 saturated heterocycles. The quantitative estimate of drug-likeness (QED) is 0.800. The molecule has 4 heteroatoms. The molecule has 0 aliphatic carbocycles. The van der Waals surface area contributed by atoms with Crippen LogP contribution in [0.5, 0.6) is 0 Å². The van der Waals surface area contributed by atoms with E-state index in [1.54, 1.807) is 0 Å². The monoisotopic (exact) mass is 293 g/mol. The molecule has 1 aliphatic heterocycles. The van der Waals surface area contributed by atoms with E-state index < -0.39 is 0 Å². The largest absolute Gasteiger partial charge is 0.378 e. The van der Waals surface area contributed by atoms with Gasteiger partial charge in [-0.15, -0.1) is 0 Å². The molecule has 0 bridgehead atoms. The van der Waals surface area contributed by atoms with Crippen LogP contribution in [0.4, 0.5) is 0 Å². The van der Waals surface area contributed by atoms with Crippen molar-refractivity contribution < 1.29 is 4.74 Å². The number of rotatable bonds is 8. The molecule has 0 radical (unpaired) electrons. The molecule has 4 nitrogen and oxygen atoms in total. The molecule has 1 aliphatic rings. The summed E-state index contributed by atoms with van der Waals surface area (Å²) < 4.78 is 7.94. The van der Waals surface area contributed by atoms with Crippen molar-refractivity contribution in [2.75, 3.05) is 13.2 Å². The van der Waals surface area contributed by atoms with E-state index in [0.717, 1.165) is 26.0 Å². The first kappa shape index (κ1) is 16.5. The molecule has 1 fully saturated rings. The van der Waals surface area contributed by atoms with Gasteiger partial charge in [0.1, 0.15) is 0 Å². The summed E-state index contributed by atoms with van der Waals surface area (Å²) in [4.78, 5) is 0. The molecule has 0 amide bonds. The molecule has 0 saturated carbocycles. The Labute approximate surface area is 129 Å². The zero-order valence-electron chi connectivity index (χ0n) is 14.0. The van der Waals surface area contributed by atoms with Crippen LogP contribution in [0.2, 0.25) is 0 Å². The van der Waals surface area contributed by atoms with Gasteiger partial charge in [0.25, 0.3) is 0 Å². The minimum atomic E-state index is 0.409. The minimum absolute atomic E-state index is 0.409. The second-order valence-electron chi connectivity index (χ2n) is 6.42. The highest BCUT2D eigenvalue weighted by atomic mass is 16.5. The van der Waals surface area contributed by atoms with Crippen molar-refractivity contribution in [3.05, 3.63) is 18.0 Å². The van der Waals surface area contributed by atoms with Gasteiger partial charge in [0, 0.05) is 37.2 Å². The summed E-state index contributed by atoms with van der Waals surface area (Å²) >= 11 is 0. The smallest absolute Gasteiger partial charge is 0.0640 e. The van der Waals surface area contributed by atoms with Crippen molar-refractivity contribution in [3.8, 4) is 0 Å². The lowest BCUT2D eigenvalue weighted by atomic mass is 9.88. The van der Waals surface area contributed by atoms with Crippen molar-refractivity contribution in [1.29, 1.82) is 0 Å². The van der Waals surface area contributed by atoms with Gasteiger partial charge >= 0.3 is 0 Å². The Balaban J connectivity index is 2.04. The second kappa shape index (κ2) is 7.95. The highest BCUT2D eigenvalue weighted by molar-refractivity contribution is 5.04. The number of hydrogen-bond donors (Lipinski definition) is 1. The molecule has 2 heterocycles. The summed E-state index contributed by atoms with van der Waals surface area (Å²) in [6.45, 7) is 10.8. The maximum atomic E-state index is 5.89. The summed E-state index contributed by atoms with van der Waals surface area (Å²) in [6, 6.07) is 3.07. The predicted molar refractivity (Wildman–Crippen MR) is 86.5 cm³/mol. The fraction of sp³-hybridized carbons (Fsp3) is 0.824. The molecular formula is C17H31N3O. The molecule has 21 heavy (non-hydrogen) atoms. The predicted octanol–water partition coefficient (Wildman–Crippen LogP) is 3.19. The van der Waals surface area contributed by atoms with Gasteiger partial charge in [-0.3, -0.25) is 4.68 Å². The van der Waals surface area contributed by atoms with Crippen molar-refractivity contribution in [3.63, 3.8) is 0 Å². The van der Waals surface area contributed by atoms with Gasteiger partial charge in [0.05, 0.1) is 11.8 Å². The van der Waals surface area contributed by atoms with Gasteiger partial charge in [-0.1, -0.05) is 13.8 Å². The van der Waals surface area contributed by atoms with Crippen LogP contribution in [0.1, 0.15) is 58.7 Å². The minimum Gasteiger partial charge on any atom is -0.378 e. The van der Waals surface area contributed by atoms with Crippen molar-refractivity contribution in [2.45, 2.75) is 71.6 Å². The third kappa shape index (κ3) is 4.30. The van der Waals surface area contributed by atoms with Crippen LogP contribution < -0.4 is 5.32 Å². The first-order valence-electron chi connectivity index (χ1n) is 8.54. The van der Waals surface area contributed by atoms with E-state index in [4.69, 9.17) is 9.84 Å². The fourth-order valence-electron chi connectivity index (χ4n) is 3.25. The highest BCUT2D eigenvalue weighted by Gasteiger charge is 2.33. The van der Waals surface area contributed by atoms with E-state index in [2.05, 4.69) is 50.0 Å². The first-order valence-corrected chi connectivity index (χ1v) is 8.54. The number of nitrogens with zero attached hydrogens (tertiary/aromatic N) is 2. The van der Waals surface area contributed by atoms with E-state index in [1.165, 1.54) is 18.5 Å². The van der Waals surface area contributed by atoms with Gasteiger partial charge in [0.2, 0.25) is 0 Å². The summed E-state index contributed by atoms with van der Waals surface area (Å²) in [5, 5.41) is 8.45. The zero-order valence-corrected chi connectivity index (χ0v) is 14.0. The summed E-state index contributed by atoms with van der Waals surface area (Å²) in [5.41, 5.74) is 1.19. The van der Waals surface area contributed by atoms with E-state index in [-0.39, 0.29) is 0 Å². The van der Waals surface area contributed by atoms with Crippen molar-refractivity contribution >= 4 is 0 Å². The Morgan fingerprint density at radius 2 is 2.24 bits per heavy atom. The summed E-state index contributed by atoms with van der Waals surface area (Å²) in [5.74, 6) is 0.616. The van der Waals surface area contributed by atoms with Gasteiger partial charge in [0.15, 0.2) is 0 Å². The second-order valence-corrected chi connectivity index (χ2v) is 6.42. The summed E-state index contributed by atoms with van der Waals surface area (Å²) in [7, 11) is 0.